The highest BCUT2D eigenvalue weighted by molar-refractivity contribution is 5.80. The molecule has 4 saturated carbocycles. The van der Waals surface area contributed by atoms with Crippen LogP contribution < -0.4 is 10.2 Å². The van der Waals surface area contributed by atoms with E-state index in [2.05, 4.69) is 5.32 Å². The van der Waals surface area contributed by atoms with Gasteiger partial charge in [0.25, 0.3) is 5.69 Å². The molecular weight excluding hydrogens is 423 g/mol. The molecule has 1 amide bonds. The number of nitro groups is 1. The van der Waals surface area contributed by atoms with Crippen molar-refractivity contribution in [3.8, 4) is 0 Å². The van der Waals surface area contributed by atoms with Crippen molar-refractivity contribution in [2.24, 2.45) is 23.7 Å². The smallest absolute Gasteiger partial charge is 0.366 e. The van der Waals surface area contributed by atoms with Gasteiger partial charge in [-0.15, -0.1) is 0 Å². The van der Waals surface area contributed by atoms with Gasteiger partial charge in [-0.1, -0.05) is 0 Å². The Bertz CT molecular complexity index is 890. The largest absolute Gasteiger partial charge is 0.416 e. The zero-order chi connectivity index (χ0) is 22.7. The van der Waals surface area contributed by atoms with Gasteiger partial charge in [0.15, 0.2) is 0 Å². The van der Waals surface area contributed by atoms with Crippen LogP contribution in [0.15, 0.2) is 18.2 Å². The molecule has 4 bridgehead atoms. The molecule has 0 radical (unpaired) electrons. The fraction of sp³-hybridized carbons (Fsp3) is 0.696. The van der Waals surface area contributed by atoms with Crippen LogP contribution >= 0.6 is 0 Å². The average molecular weight is 451 g/mol. The lowest BCUT2D eigenvalue weighted by Gasteiger charge is -2.57. The van der Waals surface area contributed by atoms with Gasteiger partial charge in [-0.25, -0.2) is 0 Å². The summed E-state index contributed by atoms with van der Waals surface area (Å²) >= 11 is 0. The number of benzene rings is 1. The molecule has 0 spiro atoms. The van der Waals surface area contributed by atoms with Crippen molar-refractivity contribution in [3.63, 3.8) is 0 Å². The number of halogens is 3. The molecule has 1 heterocycles. The Morgan fingerprint density at radius 1 is 1.06 bits per heavy atom. The molecule has 174 valence electrons. The third-order valence-corrected chi connectivity index (χ3v) is 8.13. The van der Waals surface area contributed by atoms with Crippen LogP contribution in [0.1, 0.15) is 56.9 Å². The Morgan fingerprint density at radius 2 is 1.62 bits per heavy atom. The highest BCUT2D eigenvalue weighted by atomic mass is 19.4. The molecule has 1 aliphatic heterocycles. The number of carbonyl (C=O) groups is 1. The summed E-state index contributed by atoms with van der Waals surface area (Å²) in [6.07, 6.45) is 3.61. The number of alkyl halides is 3. The molecule has 0 aromatic heterocycles. The number of hydrogen-bond donors (Lipinski definition) is 1. The first-order valence-electron chi connectivity index (χ1n) is 11.5. The van der Waals surface area contributed by atoms with Crippen molar-refractivity contribution in [1.29, 1.82) is 0 Å². The fourth-order valence-electron chi connectivity index (χ4n) is 7.12. The number of piperidine rings is 1. The SMILES string of the molecule is O=C(NC12CC3CC(CC(C3)C1)C2)C1CCN(c2ccc(C(F)(F)F)cc2[N+](=O)[O-])CC1. The molecule has 0 atom stereocenters. The second kappa shape index (κ2) is 7.63. The maximum atomic E-state index is 13.1. The van der Waals surface area contributed by atoms with Crippen molar-refractivity contribution >= 4 is 17.3 Å². The van der Waals surface area contributed by atoms with E-state index in [0.29, 0.717) is 32.0 Å². The van der Waals surface area contributed by atoms with E-state index in [-0.39, 0.29) is 23.1 Å². The molecule has 5 fully saturated rings. The van der Waals surface area contributed by atoms with Gasteiger partial charge in [-0.3, -0.25) is 14.9 Å². The van der Waals surface area contributed by atoms with Crippen LogP contribution in [0.25, 0.3) is 0 Å². The highest BCUT2D eigenvalue weighted by Gasteiger charge is 2.52. The van der Waals surface area contributed by atoms with Crippen molar-refractivity contribution < 1.29 is 22.9 Å². The summed E-state index contributed by atoms with van der Waals surface area (Å²) in [4.78, 5) is 25.5. The fourth-order valence-corrected chi connectivity index (χ4v) is 7.12. The van der Waals surface area contributed by atoms with Crippen LogP contribution in [0.4, 0.5) is 24.5 Å². The monoisotopic (exact) mass is 451 g/mol. The van der Waals surface area contributed by atoms with Crippen molar-refractivity contribution in [3.05, 3.63) is 33.9 Å². The van der Waals surface area contributed by atoms with E-state index >= 15 is 0 Å². The number of hydrogen-bond acceptors (Lipinski definition) is 4. The lowest BCUT2D eigenvalue weighted by atomic mass is 9.53. The maximum absolute atomic E-state index is 13.1. The molecule has 1 N–H and O–H groups in total. The molecule has 1 aromatic rings. The molecule has 6 nitrogen and oxygen atoms in total. The second-order valence-electron chi connectivity index (χ2n) is 10.4. The van der Waals surface area contributed by atoms with E-state index in [9.17, 15) is 28.1 Å². The van der Waals surface area contributed by atoms with Gasteiger partial charge in [0.1, 0.15) is 5.69 Å². The van der Waals surface area contributed by atoms with Crippen LogP contribution in [-0.2, 0) is 11.0 Å². The van der Waals surface area contributed by atoms with Crippen LogP contribution in [-0.4, -0.2) is 29.5 Å². The first-order chi connectivity index (χ1) is 15.1. The predicted octanol–water partition coefficient (Wildman–Crippen LogP) is 4.92. The van der Waals surface area contributed by atoms with Gasteiger partial charge >= 0.3 is 6.18 Å². The Kier molecular flexibility index (Phi) is 5.13. The zero-order valence-electron chi connectivity index (χ0n) is 17.9. The number of carbonyl (C=O) groups excluding carboxylic acids is 1. The Hall–Kier alpha value is -2.32. The van der Waals surface area contributed by atoms with Gasteiger partial charge in [0.05, 0.1) is 10.5 Å². The van der Waals surface area contributed by atoms with E-state index in [1.807, 2.05) is 0 Å². The second-order valence-corrected chi connectivity index (χ2v) is 10.4. The topological polar surface area (TPSA) is 75.5 Å². The van der Waals surface area contributed by atoms with E-state index in [1.165, 1.54) is 25.3 Å². The number of nitrogens with one attached hydrogen (secondary N) is 1. The van der Waals surface area contributed by atoms with Gasteiger partial charge in [0, 0.05) is 30.6 Å². The normalized spacial score (nSPS) is 32.2. The van der Waals surface area contributed by atoms with Gasteiger partial charge < -0.3 is 10.2 Å². The van der Waals surface area contributed by atoms with E-state index < -0.39 is 22.4 Å². The Labute approximate surface area is 184 Å². The quantitative estimate of drug-likeness (QED) is 0.521. The maximum Gasteiger partial charge on any atom is 0.416 e. The molecule has 1 aromatic carbocycles. The Morgan fingerprint density at radius 3 is 2.12 bits per heavy atom. The van der Waals surface area contributed by atoms with Crippen molar-refractivity contribution in [2.75, 3.05) is 18.0 Å². The van der Waals surface area contributed by atoms with Crippen LogP contribution in [0.3, 0.4) is 0 Å². The summed E-state index contributed by atoms with van der Waals surface area (Å²) < 4.78 is 38.9. The molecule has 1 saturated heterocycles. The molecule has 5 aliphatic rings. The average Bonchev–Trinajstić information content (AvgIpc) is 2.71. The van der Waals surface area contributed by atoms with Gasteiger partial charge in [0.2, 0.25) is 5.91 Å². The van der Waals surface area contributed by atoms with Crippen molar-refractivity contribution in [2.45, 2.75) is 63.1 Å². The number of anilines is 1. The first kappa shape index (κ1) is 21.5. The summed E-state index contributed by atoms with van der Waals surface area (Å²) in [7, 11) is 0. The molecule has 4 aliphatic carbocycles. The summed E-state index contributed by atoms with van der Waals surface area (Å²) in [6.45, 7) is 0.816. The number of amides is 1. The molecule has 9 heteroatoms. The van der Waals surface area contributed by atoms with Crippen LogP contribution in [0, 0.1) is 33.8 Å². The standard InChI is InChI=1S/C23H28F3N3O3/c24-23(25,26)18-1-2-19(20(10-18)29(31)32)28-5-3-17(4-6-28)21(30)27-22-11-14-7-15(12-22)9-16(8-14)13-22/h1-2,10,14-17H,3-9,11-13H2,(H,27,30). The third-order valence-electron chi connectivity index (χ3n) is 8.13. The highest BCUT2D eigenvalue weighted by Crippen LogP contribution is 2.55. The van der Waals surface area contributed by atoms with E-state index in [0.717, 1.165) is 43.1 Å². The summed E-state index contributed by atoms with van der Waals surface area (Å²) in [5.41, 5.74) is -1.44. The minimum Gasteiger partial charge on any atom is -0.366 e. The van der Waals surface area contributed by atoms with Crippen LogP contribution in [0.2, 0.25) is 0 Å². The van der Waals surface area contributed by atoms with Crippen molar-refractivity contribution in [1.82, 2.24) is 5.32 Å². The summed E-state index contributed by atoms with van der Waals surface area (Å²) in [6, 6.07) is 2.66. The molecule has 0 unspecified atom stereocenters. The van der Waals surface area contributed by atoms with E-state index in [1.54, 1.807) is 4.90 Å². The number of nitrogens with zero attached hydrogens (tertiary/aromatic N) is 2. The van der Waals surface area contributed by atoms with Gasteiger partial charge in [-0.2, -0.15) is 13.2 Å². The molecule has 6 rings (SSSR count). The molecular formula is C23H28F3N3O3. The summed E-state index contributed by atoms with van der Waals surface area (Å²) in [5.74, 6) is 2.14. The molecule has 32 heavy (non-hydrogen) atoms. The van der Waals surface area contributed by atoms with Gasteiger partial charge in [-0.05, 0) is 81.3 Å². The van der Waals surface area contributed by atoms with E-state index in [4.69, 9.17) is 0 Å². The summed E-state index contributed by atoms with van der Waals surface area (Å²) in [5, 5.41) is 14.8. The van der Waals surface area contributed by atoms with Crippen LogP contribution in [0.5, 0.6) is 0 Å². The number of rotatable bonds is 4. The first-order valence-corrected chi connectivity index (χ1v) is 11.5. The predicted molar refractivity (Wildman–Crippen MR) is 112 cm³/mol. The minimum absolute atomic E-state index is 0.0464. The lowest BCUT2D eigenvalue weighted by molar-refractivity contribution is -0.384. The zero-order valence-corrected chi connectivity index (χ0v) is 17.9. The lowest BCUT2D eigenvalue weighted by Crippen LogP contribution is -2.61. The third kappa shape index (κ3) is 3.94. The Balaban J connectivity index is 1.24. The minimum atomic E-state index is -4.63. The number of nitro benzene ring substituents is 1.